The summed E-state index contributed by atoms with van der Waals surface area (Å²) in [6.45, 7) is 13.7. The second-order valence-corrected chi connectivity index (χ2v) is 6.91. The van der Waals surface area contributed by atoms with Crippen LogP contribution in [0.2, 0.25) is 0 Å². The SMILES string of the molecule is CCCNc1ccc(C(=O)N(C)C(C)C(C)(C)C)cc1C. The first kappa shape index (κ1) is 17.5. The fraction of sp³-hybridized carbons (Fsp3) is 0.611. The number of nitrogens with one attached hydrogen (secondary N) is 1. The van der Waals surface area contributed by atoms with Gasteiger partial charge in [-0.1, -0.05) is 27.7 Å². The Balaban J connectivity index is 2.91. The van der Waals surface area contributed by atoms with Gasteiger partial charge in [-0.2, -0.15) is 0 Å². The van der Waals surface area contributed by atoms with Crippen molar-refractivity contribution in [2.75, 3.05) is 18.9 Å². The van der Waals surface area contributed by atoms with Gasteiger partial charge in [-0.25, -0.2) is 0 Å². The number of hydrogen-bond donors (Lipinski definition) is 1. The summed E-state index contributed by atoms with van der Waals surface area (Å²) < 4.78 is 0. The molecule has 1 amide bonds. The highest BCUT2D eigenvalue weighted by molar-refractivity contribution is 5.95. The van der Waals surface area contributed by atoms with E-state index in [0.717, 1.165) is 29.8 Å². The Hall–Kier alpha value is -1.51. The third-order valence-electron chi connectivity index (χ3n) is 4.19. The van der Waals surface area contributed by atoms with Crippen molar-refractivity contribution in [1.82, 2.24) is 4.90 Å². The van der Waals surface area contributed by atoms with E-state index in [1.807, 2.05) is 37.1 Å². The molecule has 1 unspecified atom stereocenters. The first-order valence-corrected chi connectivity index (χ1v) is 7.80. The van der Waals surface area contributed by atoms with Gasteiger partial charge >= 0.3 is 0 Å². The van der Waals surface area contributed by atoms with Crippen LogP contribution in [0.15, 0.2) is 18.2 Å². The molecule has 1 rings (SSSR count). The van der Waals surface area contributed by atoms with Crippen molar-refractivity contribution in [2.45, 2.75) is 54.0 Å². The summed E-state index contributed by atoms with van der Waals surface area (Å²) in [6, 6.07) is 6.09. The Bertz CT molecular complexity index is 488. The first-order valence-electron chi connectivity index (χ1n) is 7.80. The van der Waals surface area contributed by atoms with Crippen molar-refractivity contribution in [3.05, 3.63) is 29.3 Å². The summed E-state index contributed by atoms with van der Waals surface area (Å²) in [5.41, 5.74) is 3.06. The maximum Gasteiger partial charge on any atom is 0.253 e. The molecular formula is C18H30N2O. The van der Waals surface area contributed by atoms with Crippen molar-refractivity contribution >= 4 is 11.6 Å². The summed E-state index contributed by atoms with van der Waals surface area (Å²) in [7, 11) is 1.89. The molecule has 0 aliphatic carbocycles. The highest BCUT2D eigenvalue weighted by atomic mass is 16.2. The Morgan fingerprint density at radius 2 is 1.95 bits per heavy atom. The highest BCUT2D eigenvalue weighted by Crippen LogP contribution is 2.25. The summed E-state index contributed by atoms with van der Waals surface area (Å²) in [5.74, 6) is 0.0857. The molecular weight excluding hydrogens is 260 g/mol. The molecule has 0 saturated heterocycles. The van der Waals surface area contributed by atoms with E-state index in [4.69, 9.17) is 0 Å². The Kier molecular flexibility index (Phi) is 5.82. The molecule has 0 saturated carbocycles. The third-order valence-corrected chi connectivity index (χ3v) is 4.19. The summed E-state index contributed by atoms with van der Waals surface area (Å²) in [6.07, 6.45) is 1.09. The molecule has 0 heterocycles. The first-order chi connectivity index (χ1) is 9.68. The number of benzene rings is 1. The van der Waals surface area contributed by atoms with Crippen LogP contribution in [0, 0.1) is 12.3 Å². The number of carbonyl (C=O) groups is 1. The lowest BCUT2D eigenvalue weighted by atomic mass is 9.87. The zero-order valence-electron chi connectivity index (χ0n) is 14.6. The van der Waals surface area contributed by atoms with Crippen LogP contribution in [0.1, 0.15) is 57.0 Å². The molecule has 0 aliphatic heterocycles. The Labute approximate surface area is 129 Å². The van der Waals surface area contributed by atoms with Gasteiger partial charge in [0.25, 0.3) is 5.91 Å². The summed E-state index contributed by atoms with van der Waals surface area (Å²) >= 11 is 0. The normalized spacial score (nSPS) is 12.9. The lowest BCUT2D eigenvalue weighted by molar-refractivity contribution is 0.0629. The molecule has 0 spiro atoms. The van der Waals surface area contributed by atoms with E-state index in [1.54, 1.807) is 0 Å². The maximum atomic E-state index is 12.6. The van der Waals surface area contributed by atoms with Crippen LogP contribution in [-0.2, 0) is 0 Å². The van der Waals surface area contributed by atoms with Gasteiger partial charge in [0.15, 0.2) is 0 Å². The second-order valence-electron chi connectivity index (χ2n) is 6.91. The lowest BCUT2D eigenvalue weighted by Crippen LogP contribution is -2.42. The summed E-state index contributed by atoms with van der Waals surface area (Å²) in [4.78, 5) is 14.5. The van der Waals surface area contributed by atoms with E-state index >= 15 is 0 Å². The van der Waals surface area contributed by atoms with Crippen molar-refractivity contribution in [1.29, 1.82) is 0 Å². The second kappa shape index (κ2) is 6.97. The van der Waals surface area contributed by atoms with E-state index < -0.39 is 0 Å². The zero-order valence-corrected chi connectivity index (χ0v) is 14.6. The fourth-order valence-electron chi connectivity index (χ4n) is 2.22. The van der Waals surface area contributed by atoms with Gasteiger partial charge in [-0.05, 0) is 49.4 Å². The lowest BCUT2D eigenvalue weighted by Gasteiger charge is -2.35. The minimum Gasteiger partial charge on any atom is -0.385 e. The van der Waals surface area contributed by atoms with Gasteiger partial charge in [-0.3, -0.25) is 4.79 Å². The van der Waals surface area contributed by atoms with Gasteiger partial charge in [0.1, 0.15) is 0 Å². The topological polar surface area (TPSA) is 32.3 Å². The minimum absolute atomic E-state index is 0.0715. The molecule has 1 aromatic carbocycles. The average Bonchev–Trinajstić information content (AvgIpc) is 2.42. The summed E-state index contributed by atoms with van der Waals surface area (Å²) in [5, 5.41) is 3.38. The van der Waals surface area contributed by atoms with Crippen LogP contribution in [0.3, 0.4) is 0 Å². The zero-order chi connectivity index (χ0) is 16.2. The number of anilines is 1. The van der Waals surface area contributed by atoms with Crippen molar-refractivity contribution in [3.63, 3.8) is 0 Å². The predicted octanol–water partition coefficient (Wildman–Crippen LogP) is 4.32. The van der Waals surface area contributed by atoms with Crippen molar-refractivity contribution in [2.24, 2.45) is 5.41 Å². The highest BCUT2D eigenvalue weighted by Gasteiger charge is 2.27. The van der Waals surface area contributed by atoms with Gasteiger partial charge in [0.2, 0.25) is 0 Å². The largest absolute Gasteiger partial charge is 0.385 e. The van der Waals surface area contributed by atoms with Gasteiger partial charge in [0.05, 0.1) is 0 Å². The van der Waals surface area contributed by atoms with E-state index in [0.29, 0.717) is 0 Å². The van der Waals surface area contributed by atoms with Gasteiger partial charge in [-0.15, -0.1) is 0 Å². The molecule has 1 atom stereocenters. The van der Waals surface area contributed by atoms with Crippen LogP contribution < -0.4 is 5.32 Å². The number of hydrogen-bond acceptors (Lipinski definition) is 2. The predicted molar refractivity (Wildman–Crippen MR) is 91.0 cm³/mol. The maximum absolute atomic E-state index is 12.6. The molecule has 0 radical (unpaired) electrons. The Morgan fingerprint density at radius 3 is 2.43 bits per heavy atom. The molecule has 1 aromatic rings. The monoisotopic (exact) mass is 290 g/mol. The van der Waals surface area contributed by atoms with Crippen LogP contribution in [0.4, 0.5) is 5.69 Å². The van der Waals surface area contributed by atoms with E-state index in [-0.39, 0.29) is 17.4 Å². The standard InChI is InChI=1S/C18H30N2O/c1-8-11-19-16-10-9-15(12-13(16)2)17(21)20(7)14(3)18(4,5)6/h9-10,12,14,19H,8,11H2,1-7H3. The van der Waals surface area contributed by atoms with Gasteiger partial charge in [0, 0.05) is 30.9 Å². The van der Waals surface area contributed by atoms with Gasteiger partial charge < -0.3 is 10.2 Å². The average molecular weight is 290 g/mol. The van der Waals surface area contributed by atoms with Crippen molar-refractivity contribution < 1.29 is 4.79 Å². The quantitative estimate of drug-likeness (QED) is 0.875. The third kappa shape index (κ3) is 4.48. The molecule has 0 fully saturated rings. The fourth-order valence-corrected chi connectivity index (χ4v) is 2.22. The number of rotatable bonds is 5. The number of amides is 1. The molecule has 1 N–H and O–H groups in total. The molecule has 3 nitrogen and oxygen atoms in total. The molecule has 0 aromatic heterocycles. The molecule has 21 heavy (non-hydrogen) atoms. The van der Waals surface area contributed by atoms with E-state index in [9.17, 15) is 4.79 Å². The van der Waals surface area contributed by atoms with Crippen LogP contribution in [-0.4, -0.2) is 30.4 Å². The molecule has 118 valence electrons. The smallest absolute Gasteiger partial charge is 0.253 e. The van der Waals surface area contributed by atoms with Crippen molar-refractivity contribution in [3.8, 4) is 0 Å². The Morgan fingerprint density at radius 1 is 1.33 bits per heavy atom. The van der Waals surface area contributed by atoms with Crippen LogP contribution in [0.25, 0.3) is 0 Å². The molecule has 3 heteroatoms. The molecule has 0 bridgehead atoms. The molecule has 0 aliphatic rings. The van der Waals surface area contributed by atoms with Crippen LogP contribution in [0.5, 0.6) is 0 Å². The number of aryl methyl sites for hydroxylation is 1. The number of carbonyl (C=O) groups excluding carboxylic acids is 1. The number of nitrogens with zero attached hydrogens (tertiary/aromatic N) is 1. The minimum atomic E-state index is 0.0715. The van der Waals surface area contributed by atoms with E-state index in [2.05, 4.69) is 39.9 Å². The van der Waals surface area contributed by atoms with E-state index in [1.165, 1.54) is 0 Å². The van der Waals surface area contributed by atoms with Crippen LogP contribution >= 0.6 is 0 Å².